The Labute approximate surface area is 102 Å². The van der Waals surface area contributed by atoms with Crippen LogP contribution >= 0.6 is 0 Å². The smallest absolute Gasteiger partial charge is 0.0947 e. The maximum absolute atomic E-state index is 5.60. The number of hydrogen-bond acceptors (Lipinski definition) is 3. The van der Waals surface area contributed by atoms with Gasteiger partial charge in [0.1, 0.15) is 0 Å². The third kappa shape index (κ3) is 3.44. The summed E-state index contributed by atoms with van der Waals surface area (Å²) in [4.78, 5) is 0. The molecule has 1 heterocycles. The lowest BCUT2D eigenvalue weighted by Crippen LogP contribution is -2.14. The van der Waals surface area contributed by atoms with Crippen molar-refractivity contribution in [2.75, 3.05) is 6.54 Å². The lowest BCUT2D eigenvalue weighted by Gasteiger charge is -2.09. The van der Waals surface area contributed by atoms with E-state index in [-0.39, 0.29) is 0 Å². The second-order valence-electron chi connectivity index (χ2n) is 4.04. The number of hydrogen-bond donors (Lipinski definition) is 2. The Balaban J connectivity index is 1.89. The molecular weight excluding hydrogens is 212 g/mol. The minimum Gasteiger partial charge on any atom is -0.472 e. The Bertz CT molecular complexity index is 437. The van der Waals surface area contributed by atoms with E-state index in [1.54, 1.807) is 12.5 Å². The van der Waals surface area contributed by atoms with Crippen molar-refractivity contribution in [2.24, 2.45) is 5.73 Å². The van der Waals surface area contributed by atoms with Crippen LogP contribution in [0.5, 0.6) is 0 Å². The van der Waals surface area contributed by atoms with Crippen LogP contribution in [0.1, 0.15) is 16.7 Å². The van der Waals surface area contributed by atoms with Gasteiger partial charge in [-0.1, -0.05) is 24.3 Å². The third-order valence-corrected chi connectivity index (χ3v) is 2.76. The van der Waals surface area contributed by atoms with Gasteiger partial charge in [0, 0.05) is 18.7 Å². The molecule has 0 aliphatic rings. The van der Waals surface area contributed by atoms with E-state index in [9.17, 15) is 0 Å². The van der Waals surface area contributed by atoms with Crippen LogP contribution in [0.2, 0.25) is 0 Å². The molecule has 0 fully saturated rings. The molecule has 3 nitrogen and oxygen atoms in total. The average Bonchev–Trinajstić information content (AvgIpc) is 2.85. The molecule has 2 rings (SSSR count). The van der Waals surface area contributed by atoms with Crippen molar-refractivity contribution in [3.63, 3.8) is 0 Å². The zero-order valence-electron chi connectivity index (χ0n) is 9.86. The first-order valence-electron chi connectivity index (χ1n) is 5.89. The van der Waals surface area contributed by atoms with Gasteiger partial charge in [-0.05, 0) is 30.2 Å². The van der Waals surface area contributed by atoms with Gasteiger partial charge < -0.3 is 15.5 Å². The summed E-state index contributed by atoms with van der Waals surface area (Å²) in [5.74, 6) is 0. The molecule has 1 aromatic carbocycles. The van der Waals surface area contributed by atoms with Crippen molar-refractivity contribution in [3.05, 3.63) is 59.5 Å². The van der Waals surface area contributed by atoms with Gasteiger partial charge in [0.2, 0.25) is 0 Å². The lowest BCUT2D eigenvalue weighted by molar-refractivity contribution is 0.560. The van der Waals surface area contributed by atoms with Crippen LogP contribution in [-0.2, 0) is 19.5 Å². The molecule has 2 aromatic rings. The van der Waals surface area contributed by atoms with Crippen LogP contribution in [0.25, 0.3) is 0 Å². The largest absolute Gasteiger partial charge is 0.472 e. The van der Waals surface area contributed by atoms with Crippen molar-refractivity contribution in [3.8, 4) is 0 Å². The van der Waals surface area contributed by atoms with Crippen molar-refractivity contribution in [2.45, 2.75) is 19.5 Å². The van der Waals surface area contributed by atoms with Crippen molar-refractivity contribution < 1.29 is 4.42 Å². The Kier molecular flexibility index (Phi) is 4.36. The highest BCUT2D eigenvalue weighted by molar-refractivity contribution is 5.27. The monoisotopic (exact) mass is 230 g/mol. The molecule has 3 N–H and O–H groups in total. The number of rotatable bonds is 6. The maximum atomic E-state index is 5.60. The summed E-state index contributed by atoms with van der Waals surface area (Å²) in [6.07, 6.45) is 4.39. The molecular formula is C14H18N2O. The second kappa shape index (κ2) is 6.23. The molecule has 0 atom stereocenters. The number of benzene rings is 1. The van der Waals surface area contributed by atoms with E-state index in [0.717, 1.165) is 19.5 Å². The summed E-state index contributed by atoms with van der Waals surface area (Å²) in [6.45, 7) is 2.38. The molecule has 0 saturated carbocycles. The summed E-state index contributed by atoms with van der Waals surface area (Å²) >= 11 is 0. The van der Waals surface area contributed by atoms with Crippen LogP contribution in [0.15, 0.2) is 47.3 Å². The Morgan fingerprint density at radius 2 is 1.88 bits per heavy atom. The molecule has 17 heavy (non-hydrogen) atoms. The van der Waals surface area contributed by atoms with Gasteiger partial charge in [-0.15, -0.1) is 0 Å². The topological polar surface area (TPSA) is 51.2 Å². The van der Waals surface area contributed by atoms with E-state index in [1.165, 1.54) is 16.7 Å². The van der Waals surface area contributed by atoms with Crippen molar-refractivity contribution >= 4 is 0 Å². The average molecular weight is 230 g/mol. The summed E-state index contributed by atoms with van der Waals surface area (Å²) in [7, 11) is 0. The van der Waals surface area contributed by atoms with Crippen LogP contribution in [0.4, 0.5) is 0 Å². The van der Waals surface area contributed by atoms with Crippen LogP contribution in [0, 0.1) is 0 Å². The minimum absolute atomic E-state index is 0.693. The van der Waals surface area contributed by atoms with E-state index >= 15 is 0 Å². The summed E-state index contributed by atoms with van der Waals surface area (Å²) in [5, 5.41) is 3.40. The molecule has 0 saturated heterocycles. The first-order valence-corrected chi connectivity index (χ1v) is 5.89. The molecule has 3 heteroatoms. The molecule has 0 radical (unpaired) electrons. The fourth-order valence-electron chi connectivity index (χ4n) is 1.86. The zero-order chi connectivity index (χ0) is 11.9. The first kappa shape index (κ1) is 11.9. The second-order valence-corrected chi connectivity index (χ2v) is 4.04. The van der Waals surface area contributed by atoms with Crippen LogP contribution in [0.3, 0.4) is 0 Å². The number of nitrogens with one attached hydrogen (secondary N) is 1. The SMILES string of the molecule is NCCc1ccccc1CNCc1ccoc1. The molecule has 0 amide bonds. The van der Waals surface area contributed by atoms with E-state index in [4.69, 9.17) is 10.2 Å². The molecule has 0 spiro atoms. The minimum atomic E-state index is 0.693. The van der Waals surface area contributed by atoms with Gasteiger partial charge in [-0.25, -0.2) is 0 Å². The third-order valence-electron chi connectivity index (χ3n) is 2.76. The molecule has 0 aliphatic carbocycles. The van der Waals surface area contributed by atoms with E-state index in [0.29, 0.717) is 6.54 Å². The van der Waals surface area contributed by atoms with Crippen LogP contribution < -0.4 is 11.1 Å². The molecule has 90 valence electrons. The van der Waals surface area contributed by atoms with Gasteiger partial charge in [-0.2, -0.15) is 0 Å². The Hall–Kier alpha value is -1.58. The first-order chi connectivity index (χ1) is 8.40. The van der Waals surface area contributed by atoms with Gasteiger partial charge in [0.15, 0.2) is 0 Å². The number of nitrogens with two attached hydrogens (primary N) is 1. The highest BCUT2D eigenvalue weighted by Crippen LogP contribution is 2.09. The van der Waals surface area contributed by atoms with Crippen molar-refractivity contribution in [1.29, 1.82) is 0 Å². The Morgan fingerprint density at radius 3 is 2.59 bits per heavy atom. The number of furan rings is 1. The molecule has 0 bridgehead atoms. The quantitative estimate of drug-likeness (QED) is 0.798. The van der Waals surface area contributed by atoms with E-state index in [1.807, 2.05) is 6.07 Å². The highest BCUT2D eigenvalue weighted by Gasteiger charge is 2.00. The predicted molar refractivity (Wildman–Crippen MR) is 68.5 cm³/mol. The van der Waals surface area contributed by atoms with Gasteiger partial charge >= 0.3 is 0 Å². The highest BCUT2D eigenvalue weighted by atomic mass is 16.3. The van der Waals surface area contributed by atoms with Gasteiger partial charge in [0.25, 0.3) is 0 Å². The van der Waals surface area contributed by atoms with Crippen LogP contribution in [-0.4, -0.2) is 6.54 Å². The van der Waals surface area contributed by atoms with Crippen molar-refractivity contribution in [1.82, 2.24) is 5.32 Å². The fraction of sp³-hybridized carbons (Fsp3) is 0.286. The predicted octanol–water partition coefficient (Wildman–Crippen LogP) is 2.07. The normalized spacial score (nSPS) is 10.6. The molecule has 1 aromatic heterocycles. The van der Waals surface area contributed by atoms with Gasteiger partial charge in [0.05, 0.1) is 12.5 Å². The summed E-state index contributed by atoms with van der Waals surface area (Å²) < 4.78 is 5.02. The Morgan fingerprint density at radius 1 is 1.06 bits per heavy atom. The molecule has 0 aliphatic heterocycles. The summed E-state index contributed by atoms with van der Waals surface area (Å²) in [5.41, 5.74) is 9.42. The van der Waals surface area contributed by atoms with E-state index in [2.05, 4.69) is 29.6 Å². The molecule has 0 unspecified atom stereocenters. The summed E-state index contributed by atoms with van der Waals surface area (Å²) in [6, 6.07) is 10.4. The van der Waals surface area contributed by atoms with E-state index < -0.39 is 0 Å². The van der Waals surface area contributed by atoms with Gasteiger partial charge in [-0.3, -0.25) is 0 Å². The standard InChI is InChI=1S/C14H18N2O/c15-7-5-13-3-1-2-4-14(13)10-16-9-12-6-8-17-11-12/h1-4,6,8,11,16H,5,7,9-10,15H2. The maximum Gasteiger partial charge on any atom is 0.0947 e. The zero-order valence-corrected chi connectivity index (χ0v) is 9.86. The lowest BCUT2D eigenvalue weighted by atomic mass is 10.0. The fourth-order valence-corrected chi connectivity index (χ4v) is 1.86.